The fourth-order valence-electron chi connectivity index (χ4n) is 3.28. The lowest BCUT2D eigenvalue weighted by Gasteiger charge is -2.44. The first kappa shape index (κ1) is 26.3. The van der Waals surface area contributed by atoms with Crippen LogP contribution in [0.15, 0.2) is 0 Å². The van der Waals surface area contributed by atoms with Gasteiger partial charge < -0.3 is 54.0 Å². The maximum Gasteiger partial charge on any atom is 0.303 e. The number of hydrogen-bond acceptors (Lipinski definition) is 14. The van der Waals surface area contributed by atoms with Gasteiger partial charge in [0, 0.05) is 20.8 Å². The van der Waals surface area contributed by atoms with Crippen molar-refractivity contribution in [2.45, 2.75) is 82.2 Å². The maximum absolute atomic E-state index is 11.5. The van der Waals surface area contributed by atoms with Crippen molar-refractivity contribution in [1.82, 2.24) is 0 Å². The van der Waals surface area contributed by atoms with Crippen LogP contribution < -0.4 is 0 Å². The first-order chi connectivity index (χ1) is 14.9. The molecular weight excluding hydrogens is 440 g/mol. The van der Waals surface area contributed by atoms with Crippen LogP contribution in [0.1, 0.15) is 20.8 Å². The van der Waals surface area contributed by atoms with E-state index >= 15 is 0 Å². The molecule has 0 aliphatic carbocycles. The second-order valence-corrected chi connectivity index (χ2v) is 7.35. The van der Waals surface area contributed by atoms with E-state index in [1.54, 1.807) is 0 Å². The summed E-state index contributed by atoms with van der Waals surface area (Å²) in [5, 5.41) is 49.6. The van der Waals surface area contributed by atoms with Crippen LogP contribution in [0.2, 0.25) is 0 Å². The Morgan fingerprint density at radius 2 is 1.28 bits per heavy atom. The third-order valence-corrected chi connectivity index (χ3v) is 4.78. The molecular formula is C18H28O14. The Hall–Kier alpha value is -1.91. The van der Waals surface area contributed by atoms with Gasteiger partial charge in [-0.05, 0) is 0 Å². The Labute approximate surface area is 182 Å². The molecule has 14 heteroatoms. The minimum absolute atomic E-state index is 0.441. The fourth-order valence-corrected chi connectivity index (χ4v) is 3.28. The number of carbonyl (C=O) groups excluding carboxylic acids is 3. The molecule has 2 aliphatic rings. The van der Waals surface area contributed by atoms with Gasteiger partial charge in [-0.1, -0.05) is 0 Å². The van der Waals surface area contributed by atoms with E-state index in [0.29, 0.717) is 0 Å². The lowest BCUT2D eigenvalue weighted by Crippen LogP contribution is -2.63. The number of esters is 3. The van der Waals surface area contributed by atoms with Gasteiger partial charge in [-0.25, -0.2) is 0 Å². The summed E-state index contributed by atoms with van der Waals surface area (Å²) in [6.45, 7) is 2.28. The average molecular weight is 468 g/mol. The van der Waals surface area contributed by atoms with Gasteiger partial charge in [-0.3, -0.25) is 14.4 Å². The number of carbonyl (C=O) groups is 3. The molecule has 32 heavy (non-hydrogen) atoms. The average Bonchev–Trinajstić information content (AvgIpc) is 2.70. The van der Waals surface area contributed by atoms with Gasteiger partial charge in [0.2, 0.25) is 0 Å². The quantitative estimate of drug-likeness (QED) is 0.180. The van der Waals surface area contributed by atoms with E-state index in [1.165, 1.54) is 0 Å². The highest BCUT2D eigenvalue weighted by Crippen LogP contribution is 2.29. The summed E-state index contributed by atoms with van der Waals surface area (Å²) in [6, 6.07) is 0. The van der Waals surface area contributed by atoms with E-state index in [4.69, 9.17) is 28.4 Å². The number of aliphatic hydroxyl groups is 5. The lowest BCUT2D eigenvalue weighted by atomic mass is 9.98. The Morgan fingerprint density at radius 1 is 0.688 bits per heavy atom. The molecule has 0 radical (unpaired) electrons. The molecule has 2 rings (SSSR count). The van der Waals surface area contributed by atoms with Crippen LogP contribution in [-0.4, -0.2) is 118 Å². The molecule has 14 nitrogen and oxygen atoms in total. The molecule has 10 atom stereocenters. The molecule has 0 saturated carbocycles. The summed E-state index contributed by atoms with van der Waals surface area (Å²) < 4.78 is 31.0. The van der Waals surface area contributed by atoms with E-state index in [2.05, 4.69) is 0 Å². The summed E-state index contributed by atoms with van der Waals surface area (Å²) in [6.07, 6.45) is -15.5. The Morgan fingerprint density at radius 3 is 1.84 bits per heavy atom. The maximum atomic E-state index is 11.5. The number of rotatable bonds is 7. The van der Waals surface area contributed by atoms with E-state index in [1.807, 2.05) is 0 Å². The van der Waals surface area contributed by atoms with Gasteiger partial charge >= 0.3 is 17.9 Å². The summed E-state index contributed by atoms with van der Waals surface area (Å²) in [4.78, 5) is 34.3. The van der Waals surface area contributed by atoms with Crippen LogP contribution in [0.3, 0.4) is 0 Å². The van der Waals surface area contributed by atoms with E-state index in [-0.39, 0.29) is 0 Å². The normalized spacial score (nSPS) is 39.8. The minimum atomic E-state index is -1.81. The second kappa shape index (κ2) is 11.3. The van der Waals surface area contributed by atoms with Gasteiger partial charge in [-0.15, -0.1) is 0 Å². The zero-order valence-electron chi connectivity index (χ0n) is 17.6. The molecule has 2 heterocycles. The number of hydrogen-bond donors (Lipinski definition) is 5. The van der Waals surface area contributed by atoms with Crippen molar-refractivity contribution < 1.29 is 68.3 Å². The summed E-state index contributed by atoms with van der Waals surface area (Å²) >= 11 is 0. The predicted octanol–water partition coefficient (Wildman–Crippen LogP) is -3.68. The molecule has 2 saturated heterocycles. The summed E-state index contributed by atoms with van der Waals surface area (Å²) in [5.74, 6) is -2.28. The zero-order chi connectivity index (χ0) is 24.2. The molecule has 2 fully saturated rings. The highest BCUT2D eigenvalue weighted by atomic mass is 16.7. The number of aliphatic hydroxyl groups excluding tert-OH is 5. The van der Waals surface area contributed by atoms with Crippen LogP contribution in [-0.2, 0) is 42.8 Å². The van der Waals surface area contributed by atoms with Crippen molar-refractivity contribution in [3.63, 3.8) is 0 Å². The molecule has 184 valence electrons. The first-order valence-corrected chi connectivity index (χ1v) is 9.73. The van der Waals surface area contributed by atoms with Crippen molar-refractivity contribution >= 4 is 17.9 Å². The predicted molar refractivity (Wildman–Crippen MR) is 97.3 cm³/mol. The topological polar surface area (TPSA) is 208 Å². The molecule has 0 unspecified atom stereocenters. The lowest BCUT2D eigenvalue weighted by molar-refractivity contribution is -0.327. The highest BCUT2D eigenvalue weighted by molar-refractivity contribution is 5.67. The van der Waals surface area contributed by atoms with Gasteiger partial charge in [-0.2, -0.15) is 0 Å². The van der Waals surface area contributed by atoms with Crippen LogP contribution >= 0.6 is 0 Å². The second-order valence-electron chi connectivity index (χ2n) is 7.35. The van der Waals surface area contributed by atoms with Crippen molar-refractivity contribution in [2.75, 3.05) is 13.2 Å². The van der Waals surface area contributed by atoms with Crippen LogP contribution in [0, 0.1) is 0 Å². The van der Waals surface area contributed by atoms with Crippen molar-refractivity contribution in [2.24, 2.45) is 0 Å². The van der Waals surface area contributed by atoms with Gasteiger partial charge in [0.15, 0.2) is 24.8 Å². The van der Waals surface area contributed by atoms with Crippen molar-refractivity contribution in [3.8, 4) is 0 Å². The van der Waals surface area contributed by atoms with E-state index < -0.39 is 92.5 Å². The van der Waals surface area contributed by atoms with E-state index in [9.17, 15) is 39.9 Å². The standard InChI is InChI=1S/C18H28O14/c1-6(19)27-5-10-15(29-7(2)20)16(30-8(3)21)14(25)18(32-10)28-4-9-11(22)12(23)13(24)17(26)31-9/h9-18,22-26H,4-5H2,1-3H3/t9-,10-,11+,12+,13-,14-,15-,16-,17-,18-/m1/s1. The molecule has 0 spiro atoms. The third kappa shape index (κ3) is 6.55. The van der Waals surface area contributed by atoms with Gasteiger partial charge in [0.05, 0.1) is 6.61 Å². The van der Waals surface area contributed by atoms with Crippen molar-refractivity contribution in [1.29, 1.82) is 0 Å². The van der Waals surface area contributed by atoms with Crippen LogP contribution in [0.25, 0.3) is 0 Å². The van der Waals surface area contributed by atoms with Crippen LogP contribution in [0.4, 0.5) is 0 Å². The zero-order valence-corrected chi connectivity index (χ0v) is 17.6. The molecule has 0 bridgehead atoms. The molecule has 0 aromatic rings. The Bertz CT molecular complexity index is 670. The SMILES string of the molecule is CC(=O)OC[C@H]1O[C@@H](OC[C@H]2O[C@@H](O)[C@H](O)[C@@H](O)[C@H]2O)[C@H](O)[C@@H](OC(C)=O)[C@@H]1OC(C)=O. The molecule has 0 amide bonds. The molecule has 0 aromatic heterocycles. The Balaban J connectivity index is 2.17. The van der Waals surface area contributed by atoms with Crippen LogP contribution in [0.5, 0.6) is 0 Å². The summed E-state index contributed by atoms with van der Waals surface area (Å²) in [5.41, 5.74) is 0. The largest absolute Gasteiger partial charge is 0.463 e. The molecule has 5 N–H and O–H groups in total. The van der Waals surface area contributed by atoms with Gasteiger partial charge in [0.1, 0.15) is 43.2 Å². The molecule has 2 aliphatic heterocycles. The fraction of sp³-hybridized carbons (Fsp3) is 0.833. The van der Waals surface area contributed by atoms with Gasteiger partial charge in [0.25, 0.3) is 0 Å². The monoisotopic (exact) mass is 468 g/mol. The third-order valence-electron chi connectivity index (χ3n) is 4.78. The summed E-state index contributed by atoms with van der Waals surface area (Å²) in [7, 11) is 0. The first-order valence-electron chi connectivity index (χ1n) is 9.73. The highest BCUT2D eigenvalue weighted by Gasteiger charge is 2.51. The smallest absolute Gasteiger partial charge is 0.303 e. The minimum Gasteiger partial charge on any atom is -0.463 e. The van der Waals surface area contributed by atoms with E-state index in [0.717, 1.165) is 20.8 Å². The Kier molecular flexibility index (Phi) is 9.29. The number of ether oxygens (including phenoxy) is 6. The molecule has 0 aromatic carbocycles. The van der Waals surface area contributed by atoms with Crippen molar-refractivity contribution in [3.05, 3.63) is 0 Å².